The van der Waals surface area contributed by atoms with Gasteiger partial charge in [-0.25, -0.2) is 0 Å². The van der Waals surface area contributed by atoms with Crippen LogP contribution in [0.4, 0.5) is 5.69 Å². The highest BCUT2D eigenvalue weighted by Gasteiger charge is 2.24. The molecule has 0 heterocycles. The first kappa shape index (κ1) is 11.0. The number of benzene rings is 1. The van der Waals surface area contributed by atoms with Crippen LogP contribution in [0.3, 0.4) is 0 Å². The summed E-state index contributed by atoms with van der Waals surface area (Å²) in [6.07, 6.45) is 3.10. The number of carbonyl (C=O) groups excluding carboxylic acids is 1. The van der Waals surface area contributed by atoms with E-state index in [2.05, 4.69) is 5.32 Å². The maximum atomic E-state index is 11.6. The van der Waals surface area contributed by atoms with Crippen LogP contribution in [0.1, 0.15) is 37.8 Å². The van der Waals surface area contributed by atoms with Crippen LogP contribution in [-0.2, 0) is 4.79 Å². The molecule has 1 atom stereocenters. The molecule has 86 valence electrons. The number of anilines is 1. The van der Waals surface area contributed by atoms with Crippen molar-refractivity contribution >= 4 is 11.6 Å². The molecule has 1 unspecified atom stereocenters. The fraction of sp³-hybridized carbons (Fsp3) is 0.462. The van der Waals surface area contributed by atoms with E-state index in [4.69, 9.17) is 5.73 Å². The Labute approximate surface area is 96.0 Å². The van der Waals surface area contributed by atoms with Crippen molar-refractivity contribution in [3.8, 4) is 0 Å². The van der Waals surface area contributed by atoms with Crippen LogP contribution in [0.15, 0.2) is 24.3 Å². The van der Waals surface area contributed by atoms with Crippen LogP contribution in [-0.4, -0.2) is 5.91 Å². The Morgan fingerprint density at radius 2 is 2.06 bits per heavy atom. The number of hydrogen-bond donors (Lipinski definition) is 2. The molecule has 1 aliphatic rings. The van der Waals surface area contributed by atoms with Gasteiger partial charge < -0.3 is 11.1 Å². The molecule has 1 amide bonds. The van der Waals surface area contributed by atoms with E-state index in [1.165, 1.54) is 12.8 Å². The second-order valence-corrected chi connectivity index (χ2v) is 4.60. The van der Waals surface area contributed by atoms with Gasteiger partial charge in [-0.15, -0.1) is 0 Å². The van der Waals surface area contributed by atoms with Gasteiger partial charge in [0.2, 0.25) is 5.91 Å². The molecule has 1 aliphatic carbocycles. The molecular formula is C13H18N2O. The molecule has 16 heavy (non-hydrogen) atoms. The third kappa shape index (κ3) is 2.99. The van der Waals surface area contributed by atoms with Crippen molar-refractivity contribution in [3.63, 3.8) is 0 Å². The van der Waals surface area contributed by atoms with Crippen molar-refractivity contribution < 1.29 is 4.79 Å². The molecule has 0 aromatic heterocycles. The van der Waals surface area contributed by atoms with Gasteiger partial charge >= 0.3 is 0 Å². The number of nitrogens with two attached hydrogens (primary N) is 1. The number of rotatable bonds is 4. The molecule has 3 nitrogen and oxygen atoms in total. The van der Waals surface area contributed by atoms with Gasteiger partial charge in [-0.3, -0.25) is 4.79 Å². The zero-order valence-corrected chi connectivity index (χ0v) is 9.57. The number of nitrogen functional groups attached to an aromatic ring is 1. The fourth-order valence-electron chi connectivity index (χ4n) is 1.75. The number of nitrogens with one attached hydrogen (secondary N) is 1. The molecule has 0 spiro atoms. The Morgan fingerprint density at radius 3 is 2.62 bits per heavy atom. The third-order valence-electron chi connectivity index (χ3n) is 2.98. The Hall–Kier alpha value is -1.51. The van der Waals surface area contributed by atoms with Crippen LogP contribution >= 0.6 is 0 Å². The zero-order chi connectivity index (χ0) is 11.5. The molecule has 1 aromatic rings. The molecular weight excluding hydrogens is 200 g/mol. The van der Waals surface area contributed by atoms with E-state index >= 15 is 0 Å². The van der Waals surface area contributed by atoms with E-state index in [1.807, 2.05) is 31.2 Å². The highest BCUT2D eigenvalue weighted by atomic mass is 16.1. The van der Waals surface area contributed by atoms with Crippen LogP contribution < -0.4 is 11.1 Å². The average molecular weight is 218 g/mol. The van der Waals surface area contributed by atoms with E-state index in [9.17, 15) is 4.79 Å². The minimum atomic E-state index is 0.0619. The number of hydrogen-bond acceptors (Lipinski definition) is 2. The van der Waals surface area contributed by atoms with Crippen LogP contribution in [0.25, 0.3) is 0 Å². The molecule has 0 saturated heterocycles. The van der Waals surface area contributed by atoms with Gasteiger partial charge in [-0.05, 0) is 43.4 Å². The zero-order valence-electron chi connectivity index (χ0n) is 9.57. The van der Waals surface area contributed by atoms with Crippen molar-refractivity contribution in [1.82, 2.24) is 5.32 Å². The van der Waals surface area contributed by atoms with Crippen molar-refractivity contribution in [2.75, 3.05) is 5.73 Å². The molecule has 1 saturated carbocycles. The summed E-state index contributed by atoms with van der Waals surface area (Å²) < 4.78 is 0. The Bertz CT molecular complexity index is 368. The summed E-state index contributed by atoms with van der Waals surface area (Å²) in [6.45, 7) is 2.00. The average Bonchev–Trinajstić information content (AvgIpc) is 3.02. The molecule has 0 radical (unpaired) electrons. The minimum absolute atomic E-state index is 0.0619. The van der Waals surface area contributed by atoms with Crippen molar-refractivity contribution in [2.45, 2.75) is 32.2 Å². The first-order chi connectivity index (χ1) is 7.65. The van der Waals surface area contributed by atoms with E-state index in [0.717, 1.165) is 11.3 Å². The molecule has 0 bridgehead atoms. The van der Waals surface area contributed by atoms with E-state index in [1.54, 1.807) is 0 Å². The van der Waals surface area contributed by atoms with Gasteiger partial charge in [0.05, 0.1) is 6.04 Å². The Kier molecular flexibility index (Phi) is 3.13. The maximum Gasteiger partial charge on any atom is 0.220 e. The van der Waals surface area contributed by atoms with Crippen LogP contribution in [0, 0.1) is 5.92 Å². The summed E-state index contributed by atoms with van der Waals surface area (Å²) in [7, 11) is 0. The first-order valence-electron chi connectivity index (χ1n) is 5.80. The molecule has 0 aliphatic heterocycles. The summed E-state index contributed by atoms with van der Waals surface area (Å²) in [4.78, 5) is 11.6. The monoisotopic (exact) mass is 218 g/mol. The third-order valence-corrected chi connectivity index (χ3v) is 2.98. The second-order valence-electron chi connectivity index (χ2n) is 4.60. The smallest absolute Gasteiger partial charge is 0.220 e. The Balaban J connectivity index is 1.88. The molecule has 2 rings (SSSR count). The van der Waals surface area contributed by atoms with Gasteiger partial charge in [0, 0.05) is 12.1 Å². The van der Waals surface area contributed by atoms with Gasteiger partial charge in [-0.1, -0.05) is 12.1 Å². The lowest BCUT2D eigenvalue weighted by atomic mass is 10.1. The van der Waals surface area contributed by atoms with Gasteiger partial charge in [0.15, 0.2) is 0 Å². The largest absolute Gasteiger partial charge is 0.399 e. The van der Waals surface area contributed by atoms with E-state index in [-0.39, 0.29) is 11.9 Å². The molecule has 1 aromatic carbocycles. The second kappa shape index (κ2) is 4.56. The normalized spacial score (nSPS) is 16.8. The summed E-state index contributed by atoms with van der Waals surface area (Å²) in [5, 5.41) is 3.01. The first-order valence-corrected chi connectivity index (χ1v) is 5.80. The SMILES string of the molecule is CC(NC(=O)CC1CC1)c1ccc(N)cc1. The molecule has 3 heteroatoms. The lowest BCUT2D eigenvalue weighted by molar-refractivity contribution is -0.122. The fourth-order valence-corrected chi connectivity index (χ4v) is 1.75. The van der Waals surface area contributed by atoms with E-state index < -0.39 is 0 Å². The quantitative estimate of drug-likeness (QED) is 0.761. The lowest BCUT2D eigenvalue weighted by Gasteiger charge is -2.14. The van der Waals surface area contributed by atoms with Gasteiger partial charge in [-0.2, -0.15) is 0 Å². The number of amides is 1. The van der Waals surface area contributed by atoms with Crippen molar-refractivity contribution in [2.24, 2.45) is 5.92 Å². The minimum Gasteiger partial charge on any atom is -0.399 e. The summed E-state index contributed by atoms with van der Waals surface area (Å²) >= 11 is 0. The standard InChI is InChI=1S/C13H18N2O/c1-9(11-4-6-12(14)7-5-11)15-13(16)8-10-2-3-10/h4-7,9-10H,2-3,8,14H2,1H3,(H,15,16). The highest BCUT2D eigenvalue weighted by molar-refractivity contribution is 5.77. The maximum absolute atomic E-state index is 11.6. The predicted molar refractivity (Wildman–Crippen MR) is 64.8 cm³/mol. The summed E-state index contributed by atoms with van der Waals surface area (Å²) in [5.41, 5.74) is 7.46. The lowest BCUT2D eigenvalue weighted by Crippen LogP contribution is -2.26. The highest BCUT2D eigenvalue weighted by Crippen LogP contribution is 2.32. The number of carbonyl (C=O) groups is 1. The Morgan fingerprint density at radius 1 is 1.44 bits per heavy atom. The molecule has 3 N–H and O–H groups in total. The predicted octanol–water partition coefficient (Wildman–Crippen LogP) is 2.25. The summed E-state index contributed by atoms with van der Waals surface area (Å²) in [6, 6.07) is 7.69. The van der Waals surface area contributed by atoms with Gasteiger partial charge in [0.1, 0.15) is 0 Å². The van der Waals surface area contributed by atoms with Crippen LogP contribution in [0.5, 0.6) is 0 Å². The van der Waals surface area contributed by atoms with Crippen molar-refractivity contribution in [3.05, 3.63) is 29.8 Å². The van der Waals surface area contributed by atoms with E-state index in [0.29, 0.717) is 12.3 Å². The van der Waals surface area contributed by atoms with Crippen molar-refractivity contribution in [1.29, 1.82) is 0 Å². The summed E-state index contributed by atoms with van der Waals surface area (Å²) in [5.74, 6) is 0.797. The van der Waals surface area contributed by atoms with Crippen LogP contribution in [0.2, 0.25) is 0 Å². The van der Waals surface area contributed by atoms with Gasteiger partial charge in [0.25, 0.3) is 0 Å². The molecule has 1 fully saturated rings. The topological polar surface area (TPSA) is 55.1 Å².